The van der Waals surface area contributed by atoms with Crippen molar-refractivity contribution in [1.82, 2.24) is 25.6 Å². The summed E-state index contributed by atoms with van der Waals surface area (Å²) in [7, 11) is 0. The molecule has 2 amide bonds. The monoisotopic (exact) mass is 419 g/mol. The highest BCUT2D eigenvalue weighted by Crippen LogP contribution is 2.36. The van der Waals surface area contributed by atoms with Crippen LogP contribution in [0.5, 0.6) is 0 Å². The molecule has 3 heterocycles. The van der Waals surface area contributed by atoms with Crippen molar-refractivity contribution < 1.29 is 9.59 Å². The highest BCUT2D eigenvalue weighted by molar-refractivity contribution is 6.30. The van der Waals surface area contributed by atoms with Gasteiger partial charge in [0.1, 0.15) is 12.1 Å². The molecule has 4 rings (SSSR count). The molecule has 0 saturated carbocycles. The minimum Gasteiger partial charge on any atom is -0.329 e. The molecule has 3 aliphatic heterocycles. The summed E-state index contributed by atoms with van der Waals surface area (Å²) in [5.74, 6) is 0.0946. The van der Waals surface area contributed by atoms with E-state index < -0.39 is 5.54 Å². The van der Waals surface area contributed by atoms with Crippen LogP contribution >= 0.6 is 11.6 Å². The van der Waals surface area contributed by atoms with Gasteiger partial charge in [-0.3, -0.25) is 19.9 Å². The van der Waals surface area contributed by atoms with Crippen molar-refractivity contribution in [2.75, 3.05) is 26.2 Å². The molecule has 158 valence electrons. The van der Waals surface area contributed by atoms with Crippen LogP contribution in [-0.2, 0) is 16.1 Å². The van der Waals surface area contributed by atoms with Crippen LogP contribution in [0.1, 0.15) is 38.7 Å². The normalized spacial score (nSPS) is 28.8. The van der Waals surface area contributed by atoms with Crippen LogP contribution in [0, 0.1) is 0 Å². The number of nitrogens with zero attached hydrogens (tertiary/aromatic N) is 3. The van der Waals surface area contributed by atoms with E-state index >= 15 is 0 Å². The van der Waals surface area contributed by atoms with E-state index in [2.05, 4.69) is 15.8 Å². The Morgan fingerprint density at radius 1 is 1.24 bits per heavy atom. The molecule has 1 aromatic carbocycles. The van der Waals surface area contributed by atoms with E-state index in [0.29, 0.717) is 24.5 Å². The Morgan fingerprint density at radius 3 is 2.66 bits per heavy atom. The summed E-state index contributed by atoms with van der Waals surface area (Å²) >= 11 is 6.03. The number of nitrogens with one attached hydrogen (secondary N) is 2. The Balaban J connectivity index is 1.63. The van der Waals surface area contributed by atoms with Gasteiger partial charge in [-0.05, 0) is 50.8 Å². The van der Waals surface area contributed by atoms with Gasteiger partial charge in [0.15, 0.2) is 0 Å². The van der Waals surface area contributed by atoms with Crippen molar-refractivity contribution in [1.29, 1.82) is 0 Å². The van der Waals surface area contributed by atoms with E-state index in [-0.39, 0.29) is 30.6 Å². The zero-order chi connectivity index (χ0) is 20.6. The lowest BCUT2D eigenvalue weighted by atomic mass is 9.89. The van der Waals surface area contributed by atoms with Gasteiger partial charge in [-0.2, -0.15) is 0 Å². The van der Waals surface area contributed by atoms with Crippen molar-refractivity contribution in [3.8, 4) is 0 Å². The van der Waals surface area contributed by atoms with Crippen molar-refractivity contribution in [2.24, 2.45) is 0 Å². The van der Waals surface area contributed by atoms with Gasteiger partial charge >= 0.3 is 0 Å². The zero-order valence-corrected chi connectivity index (χ0v) is 17.9. The number of carbonyl (C=O) groups excluding carboxylic acids is 2. The van der Waals surface area contributed by atoms with E-state index in [9.17, 15) is 9.59 Å². The predicted molar refractivity (Wildman–Crippen MR) is 112 cm³/mol. The Bertz CT molecular complexity index is 765. The van der Waals surface area contributed by atoms with Crippen LogP contribution in [-0.4, -0.2) is 70.4 Å². The molecule has 7 nitrogen and oxygen atoms in total. The maximum Gasteiger partial charge on any atom is 0.250 e. The third-order valence-corrected chi connectivity index (χ3v) is 6.68. The summed E-state index contributed by atoms with van der Waals surface area (Å²) < 4.78 is 0. The number of hydrogen-bond acceptors (Lipinski definition) is 5. The Hall–Kier alpha value is -1.67. The molecule has 1 aromatic rings. The molecule has 2 unspecified atom stereocenters. The standard InChI is InChI=1S/C21H30ClN5O2/c1-15(2)26-13-19(28)27(12-16-5-7-17(22)8-6-16)21(20(26)29)9-11-25(14-21)18-4-3-10-23-24-18/h5-8,15,18,23-24H,3-4,9-14H2,1-2H3. The average molecular weight is 420 g/mol. The Labute approximate surface area is 177 Å². The fourth-order valence-corrected chi connectivity index (χ4v) is 4.88. The summed E-state index contributed by atoms with van der Waals surface area (Å²) in [5.41, 5.74) is 6.76. The number of carbonyl (C=O) groups is 2. The second-order valence-corrected chi connectivity index (χ2v) is 9.05. The topological polar surface area (TPSA) is 67.9 Å². The van der Waals surface area contributed by atoms with E-state index in [4.69, 9.17) is 11.6 Å². The van der Waals surface area contributed by atoms with Gasteiger partial charge in [0, 0.05) is 37.2 Å². The van der Waals surface area contributed by atoms with Crippen molar-refractivity contribution >= 4 is 23.4 Å². The van der Waals surface area contributed by atoms with Crippen LogP contribution in [0.3, 0.4) is 0 Å². The fourth-order valence-electron chi connectivity index (χ4n) is 4.76. The minimum atomic E-state index is -0.807. The smallest absolute Gasteiger partial charge is 0.250 e. The Kier molecular flexibility index (Phi) is 5.84. The molecular formula is C21H30ClN5O2. The third kappa shape index (κ3) is 3.89. The molecule has 2 atom stereocenters. The molecule has 3 fully saturated rings. The van der Waals surface area contributed by atoms with Gasteiger partial charge < -0.3 is 9.80 Å². The number of likely N-dealkylation sites (tertiary alicyclic amines) is 1. The number of benzene rings is 1. The molecule has 0 aliphatic carbocycles. The first-order valence-corrected chi connectivity index (χ1v) is 10.9. The van der Waals surface area contributed by atoms with Crippen LogP contribution in [0.2, 0.25) is 5.02 Å². The molecule has 0 radical (unpaired) electrons. The molecular weight excluding hydrogens is 390 g/mol. The van der Waals surface area contributed by atoms with Crippen LogP contribution in [0.4, 0.5) is 0 Å². The second-order valence-electron chi connectivity index (χ2n) is 8.61. The summed E-state index contributed by atoms with van der Waals surface area (Å²) in [6.07, 6.45) is 2.99. The predicted octanol–water partition coefficient (Wildman–Crippen LogP) is 1.58. The molecule has 3 saturated heterocycles. The molecule has 1 spiro atoms. The lowest BCUT2D eigenvalue weighted by Crippen LogP contribution is -2.70. The van der Waals surface area contributed by atoms with Crippen LogP contribution in [0.15, 0.2) is 24.3 Å². The highest BCUT2D eigenvalue weighted by atomic mass is 35.5. The minimum absolute atomic E-state index is 0.00419. The zero-order valence-electron chi connectivity index (χ0n) is 17.2. The van der Waals surface area contributed by atoms with Gasteiger partial charge in [-0.15, -0.1) is 0 Å². The van der Waals surface area contributed by atoms with E-state index in [1.165, 1.54) is 0 Å². The highest BCUT2D eigenvalue weighted by Gasteiger charge is 2.56. The summed E-state index contributed by atoms with van der Waals surface area (Å²) in [5, 5.41) is 0.665. The van der Waals surface area contributed by atoms with E-state index in [0.717, 1.165) is 31.5 Å². The lowest BCUT2D eigenvalue weighted by molar-refractivity contribution is -0.167. The first-order valence-electron chi connectivity index (χ1n) is 10.5. The Morgan fingerprint density at radius 2 is 2.00 bits per heavy atom. The molecule has 29 heavy (non-hydrogen) atoms. The van der Waals surface area contributed by atoms with Crippen LogP contribution < -0.4 is 10.9 Å². The number of halogens is 1. The number of hydrazine groups is 1. The van der Waals surface area contributed by atoms with Crippen LogP contribution in [0.25, 0.3) is 0 Å². The number of hydrogen-bond donors (Lipinski definition) is 2. The first-order chi connectivity index (χ1) is 13.9. The molecule has 2 N–H and O–H groups in total. The number of amides is 2. The molecule has 8 heteroatoms. The molecule has 0 aromatic heterocycles. The maximum atomic E-state index is 13.7. The van der Waals surface area contributed by atoms with Gasteiger partial charge in [-0.1, -0.05) is 23.7 Å². The third-order valence-electron chi connectivity index (χ3n) is 6.43. The summed E-state index contributed by atoms with van der Waals surface area (Å²) in [6.45, 7) is 6.85. The summed E-state index contributed by atoms with van der Waals surface area (Å²) in [6, 6.07) is 7.53. The van der Waals surface area contributed by atoms with Gasteiger partial charge in [0.2, 0.25) is 5.91 Å². The lowest BCUT2D eigenvalue weighted by Gasteiger charge is -2.49. The van der Waals surface area contributed by atoms with E-state index in [1.54, 1.807) is 4.90 Å². The van der Waals surface area contributed by atoms with E-state index in [1.807, 2.05) is 43.0 Å². The van der Waals surface area contributed by atoms with Crippen molar-refractivity contribution in [3.63, 3.8) is 0 Å². The number of piperazine rings is 1. The molecule has 0 bridgehead atoms. The number of rotatable bonds is 4. The maximum absolute atomic E-state index is 13.7. The average Bonchev–Trinajstić information content (AvgIpc) is 3.16. The largest absolute Gasteiger partial charge is 0.329 e. The van der Waals surface area contributed by atoms with Gasteiger partial charge in [0.05, 0.1) is 6.17 Å². The summed E-state index contributed by atoms with van der Waals surface area (Å²) in [4.78, 5) is 32.8. The van der Waals surface area contributed by atoms with Gasteiger partial charge in [-0.25, -0.2) is 5.43 Å². The first kappa shape index (κ1) is 20.6. The van der Waals surface area contributed by atoms with Crippen molar-refractivity contribution in [2.45, 2.75) is 57.4 Å². The second kappa shape index (κ2) is 8.22. The SMILES string of the molecule is CC(C)N1CC(=O)N(Cc2ccc(Cl)cc2)C2(CCN(C3CCCNN3)C2)C1=O. The quantitative estimate of drug-likeness (QED) is 0.775. The van der Waals surface area contributed by atoms with Crippen molar-refractivity contribution in [3.05, 3.63) is 34.9 Å². The molecule has 3 aliphatic rings. The fraction of sp³-hybridized carbons (Fsp3) is 0.619. The van der Waals surface area contributed by atoms with Gasteiger partial charge in [0.25, 0.3) is 5.91 Å².